The Balaban J connectivity index is 1.36. The van der Waals surface area contributed by atoms with Gasteiger partial charge < -0.3 is 19.4 Å². The number of hydrogen-bond acceptors (Lipinski definition) is 7. The minimum Gasteiger partial charge on any atom is -0.423 e. The van der Waals surface area contributed by atoms with Crippen LogP contribution >= 0.6 is 0 Å². The molecule has 1 aliphatic rings. The first-order chi connectivity index (χ1) is 15.2. The molecule has 1 amide bonds. The molecule has 3 aromatic heterocycles. The number of anilines is 2. The van der Waals surface area contributed by atoms with E-state index in [-0.39, 0.29) is 11.6 Å². The monoisotopic (exact) mass is 419 g/mol. The number of ether oxygens (including phenoxy) is 1. The SMILES string of the molecule is O=C(Nc1ccc2nc(N3CCOCC3)oc2c1)c1cccc(-c2ccnc(F)c2)n1. The summed E-state index contributed by atoms with van der Waals surface area (Å²) in [6.07, 6.45) is 1.36. The summed E-state index contributed by atoms with van der Waals surface area (Å²) < 4.78 is 24.6. The fourth-order valence-electron chi connectivity index (χ4n) is 3.36. The highest BCUT2D eigenvalue weighted by Gasteiger charge is 2.18. The van der Waals surface area contributed by atoms with Crippen molar-refractivity contribution in [2.45, 2.75) is 0 Å². The molecule has 4 aromatic rings. The Morgan fingerprint density at radius 2 is 1.94 bits per heavy atom. The smallest absolute Gasteiger partial charge is 0.298 e. The molecule has 0 radical (unpaired) electrons. The van der Waals surface area contributed by atoms with E-state index in [1.807, 2.05) is 4.90 Å². The van der Waals surface area contributed by atoms with E-state index in [2.05, 4.69) is 20.3 Å². The Hall–Kier alpha value is -3.85. The van der Waals surface area contributed by atoms with Crippen LogP contribution in [0.5, 0.6) is 0 Å². The van der Waals surface area contributed by atoms with E-state index in [0.29, 0.717) is 47.3 Å². The second-order valence-corrected chi connectivity index (χ2v) is 7.01. The Kier molecular flexibility index (Phi) is 5.01. The largest absolute Gasteiger partial charge is 0.423 e. The minimum absolute atomic E-state index is 0.210. The lowest BCUT2D eigenvalue weighted by molar-refractivity contribution is 0.102. The zero-order valence-corrected chi connectivity index (χ0v) is 16.4. The third-order valence-electron chi connectivity index (χ3n) is 4.92. The molecule has 1 fully saturated rings. The van der Waals surface area contributed by atoms with Crippen molar-refractivity contribution in [3.8, 4) is 11.3 Å². The molecule has 0 atom stereocenters. The third kappa shape index (κ3) is 4.08. The summed E-state index contributed by atoms with van der Waals surface area (Å²) >= 11 is 0. The molecule has 0 saturated carbocycles. The number of pyridine rings is 2. The van der Waals surface area contributed by atoms with Crippen LogP contribution in [0.2, 0.25) is 0 Å². The molecular formula is C22H18FN5O3. The molecule has 4 heterocycles. The van der Waals surface area contributed by atoms with Crippen LogP contribution in [-0.4, -0.2) is 47.2 Å². The molecule has 9 heteroatoms. The summed E-state index contributed by atoms with van der Waals surface area (Å²) in [5.41, 5.74) is 3.08. The zero-order chi connectivity index (χ0) is 21.2. The van der Waals surface area contributed by atoms with Gasteiger partial charge in [0.1, 0.15) is 11.2 Å². The molecule has 0 spiro atoms. The Bertz CT molecular complexity index is 1250. The normalized spacial score (nSPS) is 14.0. The molecule has 1 N–H and O–H groups in total. The maximum atomic E-state index is 13.4. The van der Waals surface area contributed by atoms with Crippen molar-refractivity contribution < 1.29 is 18.3 Å². The standard InChI is InChI=1S/C22H18FN5O3/c23-20-12-14(6-7-24-20)16-2-1-3-18(26-16)21(29)25-15-4-5-17-19(13-15)31-22(27-17)28-8-10-30-11-9-28/h1-7,12-13H,8-11H2,(H,25,29). The number of benzene rings is 1. The average Bonchev–Trinajstić information content (AvgIpc) is 3.23. The number of nitrogens with one attached hydrogen (secondary N) is 1. The topological polar surface area (TPSA) is 93.4 Å². The molecule has 0 aliphatic carbocycles. The molecule has 0 bridgehead atoms. The number of nitrogens with zero attached hydrogens (tertiary/aromatic N) is 4. The van der Waals surface area contributed by atoms with Crippen molar-refractivity contribution in [3.63, 3.8) is 0 Å². The number of hydrogen-bond donors (Lipinski definition) is 1. The number of amides is 1. The number of morpholine rings is 1. The van der Waals surface area contributed by atoms with Gasteiger partial charge in [0.15, 0.2) is 5.58 Å². The first kappa shape index (κ1) is 19.1. The van der Waals surface area contributed by atoms with Crippen molar-refractivity contribution in [2.75, 3.05) is 36.5 Å². The maximum Gasteiger partial charge on any atom is 0.298 e. The van der Waals surface area contributed by atoms with Crippen LogP contribution in [0, 0.1) is 5.95 Å². The fraction of sp³-hybridized carbons (Fsp3) is 0.182. The zero-order valence-electron chi connectivity index (χ0n) is 16.4. The van der Waals surface area contributed by atoms with Crippen LogP contribution in [0.15, 0.2) is 59.1 Å². The molecule has 8 nitrogen and oxygen atoms in total. The van der Waals surface area contributed by atoms with Gasteiger partial charge >= 0.3 is 0 Å². The second kappa shape index (κ2) is 8.11. The number of oxazole rings is 1. The van der Waals surface area contributed by atoms with Gasteiger partial charge in [0, 0.05) is 42.7 Å². The summed E-state index contributed by atoms with van der Waals surface area (Å²) in [4.78, 5) is 27.1. The van der Waals surface area contributed by atoms with E-state index in [9.17, 15) is 9.18 Å². The van der Waals surface area contributed by atoms with Gasteiger partial charge in [0.25, 0.3) is 11.9 Å². The van der Waals surface area contributed by atoms with Gasteiger partial charge in [-0.15, -0.1) is 0 Å². The van der Waals surface area contributed by atoms with Crippen LogP contribution in [-0.2, 0) is 4.74 Å². The molecule has 1 aliphatic heterocycles. The lowest BCUT2D eigenvalue weighted by Gasteiger charge is -2.24. The van der Waals surface area contributed by atoms with E-state index in [1.54, 1.807) is 42.5 Å². The predicted molar refractivity (Wildman–Crippen MR) is 112 cm³/mol. The van der Waals surface area contributed by atoms with Gasteiger partial charge in [-0.05, 0) is 30.3 Å². The van der Waals surface area contributed by atoms with Gasteiger partial charge in [0.2, 0.25) is 5.95 Å². The van der Waals surface area contributed by atoms with Crippen LogP contribution < -0.4 is 10.2 Å². The van der Waals surface area contributed by atoms with Crippen molar-refractivity contribution in [1.82, 2.24) is 15.0 Å². The summed E-state index contributed by atoms with van der Waals surface area (Å²) in [6, 6.07) is 13.7. The molecule has 0 unspecified atom stereocenters. The van der Waals surface area contributed by atoms with E-state index in [1.165, 1.54) is 12.3 Å². The van der Waals surface area contributed by atoms with E-state index >= 15 is 0 Å². The highest BCUT2D eigenvalue weighted by Crippen LogP contribution is 2.26. The van der Waals surface area contributed by atoms with E-state index in [0.717, 1.165) is 13.1 Å². The van der Waals surface area contributed by atoms with Crippen molar-refractivity contribution in [2.24, 2.45) is 0 Å². The second-order valence-electron chi connectivity index (χ2n) is 7.01. The summed E-state index contributed by atoms with van der Waals surface area (Å²) in [7, 11) is 0. The van der Waals surface area contributed by atoms with Crippen LogP contribution in [0.3, 0.4) is 0 Å². The first-order valence-electron chi connectivity index (χ1n) is 9.79. The number of fused-ring (bicyclic) bond motifs is 1. The highest BCUT2D eigenvalue weighted by atomic mass is 19.1. The fourth-order valence-corrected chi connectivity index (χ4v) is 3.36. The van der Waals surface area contributed by atoms with Gasteiger partial charge in [-0.3, -0.25) is 4.79 Å². The maximum absolute atomic E-state index is 13.4. The first-order valence-corrected chi connectivity index (χ1v) is 9.79. The molecule has 1 aromatic carbocycles. The van der Waals surface area contributed by atoms with Crippen molar-refractivity contribution in [3.05, 3.63) is 66.4 Å². The summed E-state index contributed by atoms with van der Waals surface area (Å²) in [5, 5.41) is 2.82. The number of carbonyl (C=O) groups is 1. The van der Waals surface area contributed by atoms with Crippen molar-refractivity contribution in [1.29, 1.82) is 0 Å². The Labute approximate surface area is 176 Å². The van der Waals surface area contributed by atoms with Crippen LogP contribution in [0.1, 0.15) is 10.5 Å². The molecule has 156 valence electrons. The third-order valence-corrected chi connectivity index (χ3v) is 4.92. The van der Waals surface area contributed by atoms with E-state index < -0.39 is 5.95 Å². The Morgan fingerprint density at radius 1 is 1.06 bits per heavy atom. The average molecular weight is 419 g/mol. The van der Waals surface area contributed by atoms with Gasteiger partial charge in [-0.1, -0.05) is 6.07 Å². The van der Waals surface area contributed by atoms with Gasteiger partial charge in [-0.2, -0.15) is 9.37 Å². The van der Waals surface area contributed by atoms with E-state index in [4.69, 9.17) is 9.15 Å². The van der Waals surface area contributed by atoms with Gasteiger partial charge in [-0.25, -0.2) is 9.97 Å². The number of rotatable bonds is 4. The quantitative estimate of drug-likeness (QED) is 0.506. The summed E-state index contributed by atoms with van der Waals surface area (Å²) in [6.45, 7) is 2.72. The number of carbonyl (C=O) groups excluding carboxylic acids is 1. The van der Waals surface area contributed by atoms with Crippen molar-refractivity contribution >= 4 is 28.7 Å². The molecule has 31 heavy (non-hydrogen) atoms. The molecule has 1 saturated heterocycles. The lowest BCUT2D eigenvalue weighted by Crippen LogP contribution is -2.36. The van der Waals surface area contributed by atoms with Crippen LogP contribution in [0.25, 0.3) is 22.4 Å². The number of halogens is 1. The summed E-state index contributed by atoms with van der Waals surface area (Å²) in [5.74, 6) is -0.991. The lowest BCUT2D eigenvalue weighted by atomic mass is 10.1. The Morgan fingerprint density at radius 3 is 2.77 bits per heavy atom. The highest BCUT2D eigenvalue weighted by molar-refractivity contribution is 6.03. The molecule has 5 rings (SSSR count). The number of aromatic nitrogens is 3. The van der Waals surface area contributed by atoms with Gasteiger partial charge in [0.05, 0.1) is 18.9 Å². The van der Waals surface area contributed by atoms with Crippen LogP contribution in [0.4, 0.5) is 16.1 Å². The molecular weight excluding hydrogens is 401 g/mol. The minimum atomic E-state index is -0.606. The predicted octanol–water partition coefficient (Wildman–Crippen LogP) is 3.51.